The summed E-state index contributed by atoms with van der Waals surface area (Å²) in [5.74, 6) is -1.61. The standard InChI is InChI=1S/C17H16F2N2O3/c18-14-6-12(7-15(19)16(14)21-8-13(22)9-21)20-17(23)24-10-11-4-2-1-3-5-11/h1-7,13,22H,8-10H2,(H,20,23). The van der Waals surface area contributed by atoms with Crippen molar-refractivity contribution < 1.29 is 23.4 Å². The molecule has 1 fully saturated rings. The monoisotopic (exact) mass is 334 g/mol. The maximum atomic E-state index is 14.1. The van der Waals surface area contributed by atoms with Gasteiger partial charge in [-0.25, -0.2) is 13.6 Å². The average molecular weight is 334 g/mol. The summed E-state index contributed by atoms with van der Waals surface area (Å²) in [6.07, 6.45) is -1.38. The van der Waals surface area contributed by atoms with E-state index in [0.29, 0.717) is 0 Å². The first-order valence-electron chi connectivity index (χ1n) is 7.42. The van der Waals surface area contributed by atoms with Crippen molar-refractivity contribution >= 4 is 17.5 Å². The molecule has 0 atom stereocenters. The van der Waals surface area contributed by atoms with Gasteiger partial charge in [0.15, 0.2) is 11.6 Å². The van der Waals surface area contributed by atoms with Gasteiger partial charge in [-0.1, -0.05) is 30.3 Å². The van der Waals surface area contributed by atoms with Crippen LogP contribution in [0.5, 0.6) is 0 Å². The van der Waals surface area contributed by atoms with Crippen LogP contribution in [0.15, 0.2) is 42.5 Å². The van der Waals surface area contributed by atoms with Crippen molar-refractivity contribution in [2.75, 3.05) is 23.3 Å². The largest absolute Gasteiger partial charge is 0.444 e. The van der Waals surface area contributed by atoms with E-state index in [9.17, 15) is 18.7 Å². The second-order valence-electron chi connectivity index (χ2n) is 5.53. The lowest BCUT2D eigenvalue weighted by Crippen LogP contribution is -2.51. The number of nitrogens with one attached hydrogen (secondary N) is 1. The van der Waals surface area contributed by atoms with E-state index in [-0.39, 0.29) is 31.1 Å². The van der Waals surface area contributed by atoms with E-state index < -0.39 is 23.8 Å². The summed E-state index contributed by atoms with van der Waals surface area (Å²) < 4.78 is 33.1. The maximum Gasteiger partial charge on any atom is 0.411 e. The Morgan fingerprint density at radius 1 is 1.21 bits per heavy atom. The van der Waals surface area contributed by atoms with Crippen LogP contribution in [0.4, 0.5) is 25.0 Å². The Bertz CT molecular complexity index is 711. The fraction of sp³-hybridized carbons (Fsp3) is 0.235. The molecule has 0 radical (unpaired) electrons. The molecule has 0 aliphatic carbocycles. The van der Waals surface area contributed by atoms with E-state index in [1.165, 1.54) is 4.90 Å². The fourth-order valence-corrected chi connectivity index (χ4v) is 2.45. The van der Waals surface area contributed by atoms with E-state index in [0.717, 1.165) is 17.7 Å². The van der Waals surface area contributed by atoms with Crippen LogP contribution in [0.1, 0.15) is 5.56 Å². The van der Waals surface area contributed by atoms with Gasteiger partial charge in [0.25, 0.3) is 0 Å². The minimum Gasteiger partial charge on any atom is -0.444 e. The Balaban J connectivity index is 1.61. The molecule has 0 unspecified atom stereocenters. The molecule has 0 aromatic heterocycles. The summed E-state index contributed by atoms with van der Waals surface area (Å²) in [6.45, 7) is 0.418. The normalized spacial score (nSPS) is 14.2. The van der Waals surface area contributed by atoms with Gasteiger partial charge < -0.3 is 14.7 Å². The van der Waals surface area contributed by atoms with Crippen molar-refractivity contribution in [3.05, 3.63) is 59.7 Å². The van der Waals surface area contributed by atoms with Gasteiger partial charge in [-0.3, -0.25) is 5.32 Å². The zero-order chi connectivity index (χ0) is 17.1. The SMILES string of the molecule is O=C(Nc1cc(F)c(N2CC(O)C2)c(F)c1)OCc1ccccc1. The van der Waals surface area contributed by atoms with Crippen LogP contribution in [0.2, 0.25) is 0 Å². The Labute approximate surface area is 137 Å². The maximum absolute atomic E-state index is 14.1. The molecule has 7 heteroatoms. The zero-order valence-electron chi connectivity index (χ0n) is 12.7. The van der Waals surface area contributed by atoms with Crippen LogP contribution >= 0.6 is 0 Å². The van der Waals surface area contributed by atoms with Crippen LogP contribution in [0.25, 0.3) is 0 Å². The lowest BCUT2D eigenvalue weighted by atomic mass is 10.1. The van der Waals surface area contributed by atoms with E-state index in [1.54, 1.807) is 12.1 Å². The Morgan fingerprint density at radius 2 is 1.83 bits per heavy atom. The highest BCUT2D eigenvalue weighted by molar-refractivity contribution is 5.85. The number of carbonyl (C=O) groups is 1. The number of carbonyl (C=O) groups excluding carboxylic acids is 1. The first-order chi connectivity index (χ1) is 11.5. The quantitative estimate of drug-likeness (QED) is 0.902. The van der Waals surface area contributed by atoms with Gasteiger partial charge in [0.1, 0.15) is 12.3 Å². The van der Waals surface area contributed by atoms with Gasteiger partial charge >= 0.3 is 6.09 Å². The molecule has 0 bridgehead atoms. The summed E-state index contributed by atoms with van der Waals surface area (Å²) in [5.41, 5.74) is 0.563. The second-order valence-corrected chi connectivity index (χ2v) is 5.53. The summed E-state index contributed by atoms with van der Waals surface area (Å²) in [4.78, 5) is 13.1. The van der Waals surface area contributed by atoms with E-state index in [1.807, 2.05) is 18.2 Å². The number of hydrogen-bond donors (Lipinski definition) is 2. The molecule has 2 aromatic carbocycles. The minimum atomic E-state index is -0.805. The number of amides is 1. The number of hydrogen-bond acceptors (Lipinski definition) is 4. The van der Waals surface area contributed by atoms with Crippen LogP contribution < -0.4 is 10.2 Å². The number of aliphatic hydroxyl groups is 1. The lowest BCUT2D eigenvalue weighted by Gasteiger charge is -2.38. The summed E-state index contributed by atoms with van der Waals surface area (Å²) in [5, 5.41) is 11.5. The van der Waals surface area contributed by atoms with E-state index in [2.05, 4.69) is 5.32 Å². The molecule has 1 heterocycles. The van der Waals surface area contributed by atoms with Gasteiger partial charge in [0, 0.05) is 18.8 Å². The molecule has 2 aromatic rings. The van der Waals surface area contributed by atoms with Crippen molar-refractivity contribution in [1.82, 2.24) is 0 Å². The van der Waals surface area contributed by atoms with Gasteiger partial charge in [0.05, 0.1) is 6.10 Å². The highest BCUT2D eigenvalue weighted by Gasteiger charge is 2.29. The lowest BCUT2D eigenvalue weighted by molar-refractivity contribution is 0.140. The average Bonchev–Trinajstić information content (AvgIpc) is 2.51. The van der Waals surface area contributed by atoms with Crippen LogP contribution in [0.3, 0.4) is 0 Å². The van der Waals surface area contributed by atoms with Crippen molar-refractivity contribution in [3.63, 3.8) is 0 Å². The third-order valence-corrected chi connectivity index (χ3v) is 3.65. The number of nitrogens with zero attached hydrogens (tertiary/aromatic N) is 1. The second kappa shape index (κ2) is 6.84. The molecule has 126 valence electrons. The number of aliphatic hydroxyl groups excluding tert-OH is 1. The molecular weight excluding hydrogens is 318 g/mol. The van der Waals surface area contributed by atoms with Gasteiger partial charge in [-0.2, -0.15) is 0 Å². The summed E-state index contributed by atoms with van der Waals surface area (Å²) >= 11 is 0. The fourth-order valence-electron chi connectivity index (χ4n) is 2.45. The molecule has 3 rings (SSSR count). The van der Waals surface area contributed by atoms with Gasteiger partial charge in [-0.05, 0) is 17.7 Å². The number of ether oxygens (including phenoxy) is 1. The van der Waals surface area contributed by atoms with Crippen LogP contribution in [0, 0.1) is 11.6 Å². The van der Waals surface area contributed by atoms with E-state index in [4.69, 9.17) is 4.74 Å². The van der Waals surface area contributed by atoms with Crippen LogP contribution in [-0.2, 0) is 11.3 Å². The summed E-state index contributed by atoms with van der Waals surface area (Å²) in [6, 6.07) is 11.1. The first kappa shape index (κ1) is 16.2. The number of β-amino-alcohol motifs (C(OH)–C–C–N with tert-alkyl or cyclic N) is 1. The predicted molar refractivity (Wildman–Crippen MR) is 84.8 cm³/mol. The first-order valence-corrected chi connectivity index (χ1v) is 7.42. The molecule has 2 N–H and O–H groups in total. The van der Waals surface area contributed by atoms with Crippen molar-refractivity contribution in [1.29, 1.82) is 0 Å². The highest BCUT2D eigenvalue weighted by Crippen LogP contribution is 2.30. The topological polar surface area (TPSA) is 61.8 Å². The minimum absolute atomic E-state index is 0.0344. The Morgan fingerprint density at radius 3 is 2.42 bits per heavy atom. The number of halogens is 2. The van der Waals surface area contributed by atoms with Crippen molar-refractivity contribution in [3.8, 4) is 0 Å². The molecule has 5 nitrogen and oxygen atoms in total. The van der Waals surface area contributed by atoms with Gasteiger partial charge in [0.2, 0.25) is 0 Å². The third kappa shape index (κ3) is 3.62. The van der Waals surface area contributed by atoms with Crippen molar-refractivity contribution in [2.24, 2.45) is 0 Å². The molecule has 24 heavy (non-hydrogen) atoms. The Hall–Kier alpha value is -2.67. The molecule has 1 amide bonds. The highest BCUT2D eigenvalue weighted by atomic mass is 19.1. The smallest absolute Gasteiger partial charge is 0.411 e. The van der Waals surface area contributed by atoms with Crippen LogP contribution in [-0.4, -0.2) is 30.4 Å². The third-order valence-electron chi connectivity index (χ3n) is 3.65. The number of rotatable bonds is 4. The molecule has 0 saturated carbocycles. The molecule has 1 aliphatic heterocycles. The van der Waals surface area contributed by atoms with Crippen molar-refractivity contribution in [2.45, 2.75) is 12.7 Å². The Kier molecular flexibility index (Phi) is 4.61. The van der Waals surface area contributed by atoms with E-state index >= 15 is 0 Å². The molecule has 1 saturated heterocycles. The van der Waals surface area contributed by atoms with Gasteiger partial charge in [-0.15, -0.1) is 0 Å². The molecule has 0 spiro atoms. The molecule has 1 aliphatic rings. The zero-order valence-corrected chi connectivity index (χ0v) is 12.7. The number of anilines is 2. The molecular formula is C17H16F2N2O3. The summed E-state index contributed by atoms with van der Waals surface area (Å²) in [7, 11) is 0. The number of benzene rings is 2. The predicted octanol–water partition coefficient (Wildman–Crippen LogP) is 2.89.